The Labute approximate surface area is 140 Å². The van der Waals surface area contributed by atoms with Crippen molar-refractivity contribution < 1.29 is 28.5 Å². The molecule has 0 spiro atoms. The number of esters is 1. The molecule has 6 heteroatoms. The number of hydrogen-bond acceptors (Lipinski definition) is 6. The van der Waals surface area contributed by atoms with Gasteiger partial charge in [-0.1, -0.05) is 6.92 Å². The van der Waals surface area contributed by atoms with Crippen LogP contribution in [0.3, 0.4) is 0 Å². The molecule has 6 nitrogen and oxygen atoms in total. The topological polar surface area (TPSA) is 63.2 Å². The van der Waals surface area contributed by atoms with Crippen LogP contribution in [0.2, 0.25) is 0 Å². The molecule has 0 N–H and O–H groups in total. The molecular formula is C17H34O6. The van der Waals surface area contributed by atoms with Crippen LogP contribution >= 0.6 is 0 Å². The Kier molecular flexibility index (Phi) is 11.4. The molecule has 0 saturated heterocycles. The lowest BCUT2D eigenvalue weighted by atomic mass is 9.91. The zero-order valence-corrected chi connectivity index (χ0v) is 15.7. The van der Waals surface area contributed by atoms with E-state index in [0.717, 1.165) is 0 Å². The highest BCUT2D eigenvalue weighted by atomic mass is 16.7. The Morgan fingerprint density at radius 2 is 1.48 bits per heavy atom. The van der Waals surface area contributed by atoms with Gasteiger partial charge in [0, 0.05) is 13.2 Å². The van der Waals surface area contributed by atoms with Crippen LogP contribution in [0.1, 0.15) is 54.9 Å². The number of ether oxygens (including phenoxy) is 5. The average Bonchev–Trinajstić information content (AvgIpc) is 2.50. The Balaban J connectivity index is 4.50. The molecule has 23 heavy (non-hydrogen) atoms. The molecule has 0 aliphatic rings. The lowest BCUT2D eigenvalue weighted by Gasteiger charge is -2.26. The number of carbonyl (C=O) groups excluding carboxylic acids is 1. The van der Waals surface area contributed by atoms with Crippen molar-refractivity contribution in [2.24, 2.45) is 5.41 Å². The van der Waals surface area contributed by atoms with Crippen LogP contribution < -0.4 is 0 Å². The normalized spacial score (nSPS) is 16.0. The van der Waals surface area contributed by atoms with Gasteiger partial charge in [0.05, 0.1) is 12.0 Å². The van der Waals surface area contributed by atoms with Gasteiger partial charge < -0.3 is 23.7 Å². The molecule has 0 fully saturated rings. The van der Waals surface area contributed by atoms with E-state index in [1.807, 2.05) is 41.5 Å². The molecule has 3 atom stereocenters. The predicted molar refractivity (Wildman–Crippen MR) is 88.0 cm³/mol. The summed E-state index contributed by atoms with van der Waals surface area (Å²) in [5.74, 6) is -0.240. The standard InChI is InChI=1S/C17H34O6/c1-8-17(6,7)16(18)22-12-15(23-14(5)20-10-3)11-21-13(4)19-9-2/h13-15H,8-12H2,1-7H3. The van der Waals surface area contributed by atoms with Crippen LogP contribution in [0, 0.1) is 5.41 Å². The second-order valence-corrected chi connectivity index (χ2v) is 5.97. The van der Waals surface area contributed by atoms with Crippen molar-refractivity contribution in [1.29, 1.82) is 0 Å². The smallest absolute Gasteiger partial charge is 0.311 e. The van der Waals surface area contributed by atoms with Crippen molar-refractivity contribution in [2.45, 2.75) is 73.6 Å². The van der Waals surface area contributed by atoms with Gasteiger partial charge in [-0.05, 0) is 48.0 Å². The molecule has 138 valence electrons. The molecule has 0 heterocycles. The van der Waals surface area contributed by atoms with E-state index in [2.05, 4.69) is 0 Å². The van der Waals surface area contributed by atoms with Gasteiger partial charge in [-0.3, -0.25) is 4.79 Å². The molecule has 0 rings (SSSR count). The lowest BCUT2D eigenvalue weighted by molar-refractivity contribution is -0.209. The quantitative estimate of drug-likeness (QED) is 0.381. The average molecular weight is 334 g/mol. The molecule has 0 aliphatic carbocycles. The van der Waals surface area contributed by atoms with Gasteiger partial charge in [0.2, 0.25) is 0 Å². The highest BCUT2D eigenvalue weighted by Gasteiger charge is 2.28. The summed E-state index contributed by atoms with van der Waals surface area (Å²) >= 11 is 0. The van der Waals surface area contributed by atoms with E-state index in [1.165, 1.54) is 0 Å². The van der Waals surface area contributed by atoms with Crippen LogP contribution in [0.5, 0.6) is 0 Å². The van der Waals surface area contributed by atoms with Gasteiger partial charge in [-0.15, -0.1) is 0 Å². The Morgan fingerprint density at radius 1 is 0.913 bits per heavy atom. The van der Waals surface area contributed by atoms with Crippen molar-refractivity contribution in [3.8, 4) is 0 Å². The Morgan fingerprint density at radius 3 is 2.00 bits per heavy atom. The minimum Gasteiger partial charge on any atom is -0.462 e. The summed E-state index contributed by atoms with van der Waals surface area (Å²) in [6.07, 6.45) is -0.425. The van der Waals surface area contributed by atoms with Gasteiger partial charge in [-0.25, -0.2) is 0 Å². The molecule has 0 amide bonds. The highest BCUT2D eigenvalue weighted by molar-refractivity contribution is 5.75. The summed E-state index contributed by atoms with van der Waals surface area (Å²) in [6.45, 7) is 14.6. The third-order valence-electron chi connectivity index (χ3n) is 3.54. The monoisotopic (exact) mass is 334 g/mol. The third-order valence-corrected chi connectivity index (χ3v) is 3.54. The Bertz CT molecular complexity index is 318. The molecule has 0 aromatic heterocycles. The number of carbonyl (C=O) groups is 1. The number of rotatable bonds is 13. The largest absolute Gasteiger partial charge is 0.462 e. The van der Waals surface area contributed by atoms with Crippen LogP contribution in [-0.4, -0.2) is 51.1 Å². The molecule has 0 aromatic rings. The summed E-state index contributed by atoms with van der Waals surface area (Å²) in [5, 5.41) is 0. The van der Waals surface area contributed by atoms with Gasteiger partial charge in [0.15, 0.2) is 12.6 Å². The van der Waals surface area contributed by atoms with Crippen molar-refractivity contribution in [1.82, 2.24) is 0 Å². The second-order valence-electron chi connectivity index (χ2n) is 5.97. The first-order valence-corrected chi connectivity index (χ1v) is 8.44. The van der Waals surface area contributed by atoms with Crippen molar-refractivity contribution in [3.63, 3.8) is 0 Å². The summed E-state index contributed by atoms with van der Waals surface area (Å²) in [6, 6.07) is 0. The minimum absolute atomic E-state index is 0.124. The predicted octanol–water partition coefficient (Wildman–Crippen LogP) is 3.13. The first kappa shape index (κ1) is 22.3. The van der Waals surface area contributed by atoms with Gasteiger partial charge >= 0.3 is 5.97 Å². The molecule has 0 saturated carbocycles. The summed E-state index contributed by atoms with van der Waals surface area (Å²) in [4.78, 5) is 12.1. The van der Waals surface area contributed by atoms with E-state index >= 15 is 0 Å². The minimum atomic E-state index is -0.504. The van der Waals surface area contributed by atoms with Gasteiger partial charge in [-0.2, -0.15) is 0 Å². The van der Waals surface area contributed by atoms with Crippen LogP contribution in [-0.2, 0) is 28.5 Å². The Hall–Kier alpha value is -0.690. The molecule has 0 bridgehead atoms. The van der Waals surface area contributed by atoms with E-state index in [4.69, 9.17) is 23.7 Å². The van der Waals surface area contributed by atoms with E-state index in [-0.39, 0.29) is 25.5 Å². The summed E-state index contributed by atoms with van der Waals surface area (Å²) in [5.41, 5.74) is -0.504. The fourth-order valence-corrected chi connectivity index (χ4v) is 1.71. The molecule has 3 unspecified atom stereocenters. The summed E-state index contributed by atoms with van der Waals surface area (Å²) < 4.78 is 27.4. The van der Waals surface area contributed by atoms with Crippen LogP contribution in [0.15, 0.2) is 0 Å². The van der Waals surface area contributed by atoms with E-state index in [9.17, 15) is 4.79 Å². The summed E-state index contributed by atoms with van der Waals surface area (Å²) in [7, 11) is 0. The SMILES string of the molecule is CCOC(C)OCC(COC(=O)C(C)(C)CC)OC(C)OCC. The fourth-order valence-electron chi connectivity index (χ4n) is 1.71. The zero-order valence-electron chi connectivity index (χ0n) is 15.7. The fraction of sp³-hybridized carbons (Fsp3) is 0.941. The molecule has 0 aromatic carbocycles. The van der Waals surface area contributed by atoms with Gasteiger partial charge in [0.25, 0.3) is 0 Å². The first-order chi connectivity index (χ1) is 10.8. The molecular weight excluding hydrogens is 300 g/mol. The van der Waals surface area contributed by atoms with Crippen LogP contribution in [0.4, 0.5) is 0 Å². The maximum absolute atomic E-state index is 12.1. The van der Waals surface area contributed by atoms with Crippen molar-refractivity contribution in [3.05, 3.63) is 0 Å². The van der Waals surface area contributed by atoms with Crippen molar-refractivity contribution in [2.75, 3.05) is 26.4 Å². The first-order valence-electron chi connectivity index (χ1n) is 8.44. The lowest BCUT2D eigenvalue weighted by Crippen LogP contribution is -2.35. The van der Waals surface area contributed by atoms with E-state index in [0.29, 0.717) is 19.6 Å². The second kappa shape index (κ2) is 11.8. The van der Waals surface area contributed by atoms with Gasteiger partial charge in [0.1, 0.15) is 12.7 Å². The zero-order chi connectivity index (χ0) is 17.9. The maximum atomic E-state index is 12.1. The third kappa shape index (κ3) is 9.91. The molecule has 0 radical (unpaired) electrons. The van der Waals surface area contributed by atoms with E-state index in [1.54, 1.807) is 6.92 Å². The van der Waals surface area contributed by atoms with Crippen LogP contribution in [0.25, 0.3) is 0 Å². The maximum Gasteiger partial charge on any atom is 0.311 e. The van der Waals surface area contributed by atoms with Crippen molar-refractivity contribution >= 4 is 5.97 Å². The van der Waals surface area contributed by atoms with E-state index < -0.39 is 17.8 Å². The number of hydrogen-bond donors (Lipinski definition) is 0. The highest BCUT2D eigenvalue weighted by Crippen LogP contribution is 2.21. The molecule has 0 aliphatic heterocycles.